The number of aryl methyl sites for hydroxylation is 2. The van der Waals surface area contributed by atoms with Crippen LogP contribution >= 0.6 is 0 Å². The summed E-state index contributed by atoms with van der Waals surface area (Å²) < 4.78 is 13.1. The van der Waals surface area contributed by atoms with Gasteiger partial charge in [-0.1, -0.05) is 6.07 Å². The fourth-order valence-electron chi connectivity index (χ4n) is 4.65. The number of benzene rings is 1. The van der Waals surface area contributed by atoms with E-state index in [0.29, 0.717) is 41.2 Å². The normalized spacial score (nSPS) is 15.3. The predicted molar refractivity (Wildman–Crippen MR) is 117 cm³/mol. The number of rotatable bonds is 5. The number of carboxylic acids is 1. The molecule has 1 aliphatic rings. The van der Waals surface area contributed by atoms with E-state index < -0.39 is 5.97 Å². The molecule has 0 bridgehead atoms. The molecule has 0 fully saturated rings. The summed E-state index contributed by atoms with van der Waals surface area (Å²) in [6, 6.07) is 8.11. The zero-order valence-electron chi connectivity index (χ0n) is 17.9. The van der Waals surface area contributed by atoms with Crippen molar-refractivity contribution in [2.24, 2.45) is 0 Å². The molecule has 1 aromatic carbocycles. The largest absolute Gasteiger partial charge is 0.493 e. The van der Waals surface area contributed by atoms with Crippen LogP contribution < -0.4 is 9.47 Å². The van der Waals surface area contributed by atoms with Crippen LogP contribution in [0, 0.1) is 25.2 Å². The lowest BCUT2D eigenvalue weighted by Gasteiger charge is -2.16. The Morgan fingerprint density at radius 2 is 2.06 bits per heavy atom. The topological polar surface area (TPSA) is 97.4 Å². The van der Waals surface area contributed by atoms with Crippen molar-refractivity contribution in [3.05, 3.63) is 57.9 Å². The van der Waals surface area contributed by atoms with Gasteiger partial charge in [0.25, 0.3) is 0 Å². The Balaban J connectivity index is 1.96. The van der Waals surface area contributed by atoms with Crippen LogP contribution in [-0.4, -0.2) is 34.8 Å². The van der Waals surface area contributed by atoms with Crippen LogP contribution in [0.5, 0.6) is 11.5 Å². The SMILES string of the molecule is COc1ccc2c(c1OC)CC(n1c(C=CC(=O)O)c(C#N)c3c(C)cc(C)nc31)C2. The molecule has 7 heteroatoms. The first-order valence-electron chi connectivity index (χ1n) is 9.95. The van der Waals surface area contributed by atoms with Crippen LogP contribution in [0.1, 0.15) is 39.7 Å². The first kappa shape index (κ1) is 20.5. The van der Waals surface area contributed by atoms with Gasteiger partial charge in [-0.25, -0.2) is 9.78 Å². The summed E-state index contributed by atoms with van der Waals surface area (Å²) in [6.07, 6.45) is 3.94. The summed E-state index contributed by atoms with van der Waals surface area (Å²) in [6.45, 7) is 3.87. The van der Waals surface area contributed by atoms with E-state index in [1.165, 1.54) is 6.08 Å². The van der Waals surface area contributed by atoms with Crippen molar-refractivity contribution in [3.8, 4) is 17.6 Å². The third-order valence-electron chi connectivity index (χ3n) is 5.82. The van der Waals surface area contributed by atoms with E-state index in [9.17, 15) is 15.2 Å². The molecule has 158 valence electrons. The first-order valence-corrected chi connectivity index (χ1v) is 9.95. The van der Waals surface area contributed by atoms with Gasteiger partial charge < -0.3 is 19.1 Å². The van der Waals surface area contributed by atoms with Crippen LogP contribution in [0.4, 0.5) is 0 Å². The number of nitriles is 1. The fourth-order valence-corrected chi connectivity index (χ4v) is 4.65. The van der Waals surface area contributed by atoms with Crippen LogP contribution in [0.3, 0.4) is 0 Å². The van der Waals surface area contributed by atoms with Gasteiger partial charge in [-0.05, 0) is 56.0 Å². The molecule has 1 unspecified atom stereocenters. The Morgan fingerprint density at radius 1 is 1.29 bits per heavy atom. The lowest BCUT2D eigenvalue weighted by atomic mass is 10.1. The molecule has 31 heavy (non-hydrogen) atoms. The molecule has 2 heterocycles. The van der Waals surface area contributed by atoms with Gasteiger partial charge in [0.1, 0.15) is 11.7 Å². The molecule has 0 saturated heterocycles. The van der Waals surface area contributed by atoms with E-state index >= 15 is 0 Å². The van der Waals surface area contributed by atoms with Crippen molar-refractivity contribution in [1.29, 1.82) is 5.26 Å². The quantitative estimate of drug-likeness (QED) is 0.631. The van der Waals surface area contributed by atoms with Gasteiger partial charge in [0.2, 0.25) is 0 Å². The van der Waals surface area contributed by atoms with Gasteiger partial charge in [0, 0.05) is 28.8 Å². The van der Waals surface area contributed by atoms with Gasteiger partial charge in [0.05, 0.1) is 25.5 Å². The summed E-state index contributed by atoms with van der Waals surface area (Å²) >= 11 is 0. The van der Waals surface area contributed by atoms with Gasteiger partial charge in [-0.3, -0.25) is 0 Å². The molecule has 3 aromatic rings. The molecule has 4 rings (SSSR count). The van der Waals surface area contributed by atoms with Gasteiger partial charge in [0.15, 0.2) is 11.5 Å². The Hall–Kier alpha value is -3.79. The Kier molecular flexibility index (Phi) is 5.15. The molecular weight excluding hydrogens is 394 g/mol. The van der Waals surface area contributed by atoms with E-state index in [2.05, 4.69) is 6.07 Å². The zero-order chi connectivity index (χ0) is 22.3. The maximum Gasteiger partial charge on any atom is 0.328 e. The summed E-state index contributed by atoms with van der Waals surface area (Å²) in [5.74, 6) is 0.317. The Morgan fingerprint density at radius 3 is 2.71 bits per heavy atom. The maximum absolute atomic E-state index is 11.2. The summed E-state index contributed by atoms with van der Waals surface area (Å²) in [4.78, 5) is 16.0. The second kappa shape index (κ2) is 7.80. The lowest BCUT2D eigenvalue weighted by molar-refractivity contribution is -0.131. The summed E-state index contributed by atoms with van der Waals surface area (Å²) in [5, 5.41) is 19.9. The highest BCUT2D eigenvalue weighted by atomic mass is 16.5. The number of carbonyl (C=O) groups is 1. The number of ether oxygens (including phenoxy) is 2. The number of methoxy groups -OCH3 is 2. The highest BCUT2D eigenvalue weighted by molar-refractivity contribution is 5.93. The second-order valence-corrected chi connectivity index (χ2v) is 7.69. The van der Waals surface area contributed by atoms with Crippen LogP contribution in [0.25, 0.3) is 17.1 Å². The van der Waals surface area contributed by atoms with E-state index in [1.54, 1.807) is 14.2 Å². The van der Waals surface area contributed by atoms with Gasteiger partial charge in [-0.2, -0.15) is 5.26 Å². The standard InChI is InChI=1S/C24H23N3O4/c1-13-9-14(2)26-24-22(13)18(12-25)19(6-8-21(28)29)27(24)16-10-15-5-7-20(30-3)23(31-4)17(15)11-16/h5-9,16H,10-11H2,1-4H3,(H,28,29). The number of fused-ring (bicyclic) bond motifs is 2. The van der Waals surface area contributed by atoms with Crippen LogP contribution in [-0.2, 0) is 17.6 Å². The van der Waals surface area contributed by atoms with E-state index in [0.717, 1.165) is 33.8 Å². The van der Waals surface area contributed by atoms with Crippen molar-refractivity contribution in [3.63, 3.8) is 0 Å². The average Bonchev–Trinajstić information content (AvgIpc) is 3.29. The van der Waals surface area contributed by atoms with Crippen molar-refractivity contribution in [2.45, 2.75) is 32.7 Å². The van der Waals surface area contributed by atoms with E-state index in [1.807, 2.05) is 36.6 Å². The molecule has 0 radical (unpaired) electrons. The number of hydrogen-bond donors (Lipinski definition) is 1. The van der Waals surface area contributed by atoms with Crippen molar-refractivity contribution >= 4 is 23.1 Å². The molecule has 0 amide bonds. The number of carboxylic acid groups (broad SMARTS) is 1. The molecule has 0 spiro atoms. The number of aliphatic carboxylic acids is 1. The molecule has 0 saturated carbocycles. The number of nitrogens with zero attached hydrogens (tertiary/aromatic N) is 3. The number of pyridine rings is 1. The highest BCUT2D eigenvalue weighted by Crippen LogP contribution is 2.44. The second-order valence-electron chi connectivity index (χ2n) is 7.69. The van der Waals surface area contributed by atoms with E-state index in [-0.39, 0.29) is 6.04 Å². The Bertz CT molecular complexity index is 1280. The smallest absolute Gasteiger partial charge is 0.328 e. The minimum atomic E-state index is -1.07. The number of hydrogen-bond acceptors (Lipinski definition) is 5. The van der Waals surface area contributed by atoms with Crippen LogP contribution in [0.2, 0.25) is 0 Å². The molecule has 2 aromatic heterocycles. The predicted octanol–water partition coefficient (Wildman–Crippen LogP) is 3.98. The molecule has 1 atom stereocenters. The molecule has 0 aliphatic heterocycles. The van der Waals surface area contributed by atoms with Crippen molar-refractivity contribution < 1.29 is 19.4 Å². The molecule has 7 nitrogen and oxygen atoms in total. The van der Waals surface area contributed by atoms with Crippen molar-refractivity contribution in [2.75, 3.05) is 14.2 Å². The maximum atomic E-state index is 11.2. The Labute approximate surface area is 180 Å². The first-order chi connectivity index (χ1) is 14.9. The monoisotopic (exact) mass is 417 g/mol. The summed E-state index contributed by atoms with van der Waals surface area (Å²) in [7, 11) is 3.24. The summed E-state index contributed by atoms with van der Waals surface area (Å²) in [5.41, 5.74) is 5.69. The van der Waals surface area contributed by atoms with Gasteiger partial charge >= 0.3 is 5.97 Å². The van der Waals surface area contributed by atoms with E-state index in [4.69, 9.17) is 14.5 Å². The number of aromatic nitrogens is 2. The van der Waals surface area contributed by atoms with Gasteiger partial charge in [-0.15, -0.1) is 0 Å². The minimum Gasteiger partial charge on any atom is -0.493 e. The fraction of sp³-hybridized carbons (Fsp3) is 0.292. The molecule has 1 aliphatic carbocycles. The highest BCUT2D eigenvalue weighted by Gasteiger charge is 2.32. The third-order valence-corrected chi connectivity index (χ3v) is 5.82. The molecule has 1 N–H and O–H groups in total. The molecular formula is C24H23N3O4. The average molecular weight is 417 g/mol. The minimum absolute atomic E-state index is 0.0391. The zero-order valence-corrected chi connectivity index (χ0v) is 17.9. The van der Waals surface area contributed by atoms with Crippen molar-refractivity contribution in [1.82, 2.24) is 9.55 Å². The lowest BCUT2D eigenvalue weighted by Crippen LogP contribution is -2.12. The third kappa shape index (κ3) is 3.30. The van der Waals surface area contributed by atoms with Crippen LogP contribution in [0.15, 0.2) is 24.3 Å².